The van der Waals surface area contributed by atoms with Gasteiger partial charge in [-0.1, -0.05) is 41.4 Å². The summed E-state index contributed by atoms with van der Waals surface area (Å²) in [6.45, 7) is 6.59. The number of anilines is 1. The number of carbonyl (C=O) groups excluding carboxylic acids is 1. The third-order valence-corrected chi connectivity index (χ3v) is 5.66. The SMILES string of the molecule is Cc1ccc(C)c(NC(=O)C2CCCN(Cc3ccc(Cl)c(Cl)c3)C2)c1. The second kappa shape index (κ2) is 8.43. The van der Waals surface area contributed by atoms with E-state index in [0.717, 1.165) is 54.9 Å². The van der Waals surface area contributed by atoms with E-state index in [9.17, 15) is 4.79 Å². The quantitative estimate of drug-likeness (QED) is 0.751. The van der Waals surface area contributed by atoms with Gasteiger partial charge in [0.05, 0.1) is 16.0 Å². The Kier molecular flexibility index (Phi) is 6.23. The molecular weight excluding hydrogens is 367 g/mol. The van der Waals surface area contributed by atoms with Crippen LogP contribution in [-0.2, 0) is 11.3 Å². The minimum atomic E-state index is 0.00596. The number of aryl methyl sites for hydroxylation is 2. The molecular formula is C21H24Cl2N2O. The van der Waals surface area contributed by atoms with Gasteiger partial charge in [-0.2, -0.15) is 0 Å². The van der Waals surface area contributed by atoms with Gasteiger partial charge in [0, 0.05) is 18.8 Å². The number of piperidine rings is 1. The van der Waals surface area contributed by atoms with Gasteiger partial charge in [-0.15, -0.1) is 0 Å². The molecule has 0 saturated carbocycles. The Morgan fingerprint density at radius 1 is 1.15 bits per heavy atom. The van der Waals surface area contributed by atoms with Crippen molar-refractivity contribution < 1.29 is 4.79 Å². The first-order valence-electron chi connectivity index (χ1n) is 8.97. The maximum Gasteiger partial charge on any atom is 0.228 e. The number of nitrogens with zero attached hydrogens (tertiary/aromatic N) is 1. The lowest BCUT2D eigenvalue weighted by Gasteiger charge is -2.32. The molecule has 0 aliphatic carbocycles. The molecule has 0 bridgehead atoms. The first kappa shape index (κ1) is 19.2. The van der Waals surface area contributed by atoms with Crippen LogP contribution in [0.3, 0.4) is 0 Å². The van der Waals surface area contributed by atoms with Gasteiger partial charge in [0.1, 0.15) is 0 Å². The Balaban J connectivity index is 1.63. The Morgan fingerprint density at radius 3 is 2.73 bits per heavy atom. The predicted octanol–water partition coefficient (Wildman–Crippen LogP) is 5.46. The standard InChI is InChI=1S/C21H24Cl2N2O/c1-14-5-6-15(2)20(10-14)24-21(26)17-4-3-9-25(13-17)12-16-7-8-18(22)19(23)11-16/h5-8,10-11,17H,3-4,9,12-13H2,1-2H3,(H,24,26). The highest BCUT2D eigenvalue weighted by Crippen LogP contribution is 2.26. The maximum atomic E-state index is 12.8. The van der Waals surface area contributed by atoms with Gasteiger partial charge in [-0.05, 0) is 68.1 Å². The summed E-state index contributed by atoms with van der Waals surface area (Å²) in [6.07, 6.45) is 1.95. The highest BCUT2D eigenvalue weighted by atomic mass is 35.5. The smallest absolute Gasteiger partial charge is 0.228 e. The van der Waals surface area contributed by atoms with Crippen LogP contribution >= 0.6 is 23.2 Å². The second-order valence-electron chi connectivity index (χ2n) is 7.13. The zero-order valence-electron chi connectivity index (χ0n) is 15.2. The Hall–Kier alpha value is -1.55. The summed E-state index contributed by atoms with van der Waals surface area (Å²) < 4.78 is 0. The van der Waals surface area contributed by atoms with Crippen molar-refractivity contribution in [1.29, 1.82) is 0 Å². The van der Waals surface area contributed by atoms with Crippen LogP contribution in [0, 0.1) is 19.8 Å². The van der Waals surface area contributed by atoms with E-state index in [1.165, 1.54) is 0 Å². The number of likely N-dealkylation sites (tertiary alicyclic amines) is 1. The fourth-order valence-corrected chi connectivity index (χ4v) is 3.74. The van der Waals surface area contributed by atoms with Gasteiger partial charge in [0.25, 0.3) is 0 Å². The van der Waals surface area contributed by atoms with Crippen molar-refractivity contribution in [2.45, 2.75) is 33.2 Å². The van der Waals surface area contributed by atoms with E-state index >= 15 is 0 Å². The van der Waals surface area contributed by atoms with Crippen LogP contribution in [0.25, 0.3) is 0 Å². The largest absolute Gasteiger partial charge is 0.326 e. The maximum absolute atomic E-state index is 12.8. The number of rotatable bonds is 4. The number of nitrogens with one attached hydrogen (secondary N) is 1. The van der Waals surface area contributed by atoms with Crippen LogP contribution in [0.4, 0.5) is 5.69 Å². The van der Waals surface area contributed by atoms with E-state index < -0.39 is 0 Å². The lowest BCUT2D eigenvalue weighted by atomic mass is 9.96. The summed E-state index contributed by atoms with van der Waals surface area (Å²) in [5, 5.41) is 4.26. The number of amides is 1. The molecule has 2 aromatic rings. The average Bonchev–Trinajstić information content (AvgIpc) is 2.61. The molecule has 0 spiro atoms. The normalized spacial score (nSPS) is 17.9. The average molecular weight is 391 g/mol. The van der Waals surface area contributed by atoms with Crippen LogP contribution < -0.4 is 5.32 Å². The summed E-state index contributed by atoms with van der Waals surface area (Å²) in [7, 11) is 0. The molecule has 0 radical (unpaired) electrons. The topological polar surface area (TPSA) is 32.3 Å². The van der Waals surface area contributed by atoms with E-state index in [4.69, 9.17) is 23.2 Å². The van der Waals surface area contributed by atoms with Gasteiger partial charge in [-0.25, -0.2) is 0 Å². The molecule has 138 valence electrons. The van der Waals surface area contributed by atoms with Gasteiger partial charge in [0.15, 0.2) is 0 Å². The van der Waals surface area contributed by atoms with Crippen molar-refractivity contribution >= 4 is 34.8 Å². The van der Waals surface area contributed by atoms with Crippen molar-refractivity contribution in [3.8, 4) is 0 Å². The third kappa shape index (κ3) is 4.79. The monoisotopic (exact) mass is 390 g/mol. The molecule has 1 unspecified atom stereocenters. The van der Waals surface area contributed by atoms with Crippen LogP contribution in [-0.4, -0.2) is 23.9 Å². The molecule has 5 heteroatoms. The summed E-state index contributed by atoms with van der Waals surface area (Å²) >= 11 is 12.1. The molecule has 2 aromatic carbocycles. The van der Waals surface area contributed by atoms with Crippen molar-refractivity contribution in [1.82, 2.24) is 4.90 Å². The molecule has 1 aliphatic rings. The minimum absolute atomic E-state index is 0.00596. The molecule has 3 rings (SSSR count). The van der Waals surface area contributed by atoms with E-state index in [1.807, 2.05) is 44.2 Å². The molecule has 26 heavy (non-hydrogen) atoms. The van der Waals surface area contributed by atoms with E-state index in [2.05, 4.69) is 16.3 Å². The first-order valence-corrected chi connectivity index (χ1v) is 9.72. The molecule has 1 heterocycles. The summed E-state index contributed by atoms with van der Waals surface area (Å²) in [5.74, 6) is 0.115. The predicted molar refractivity (Wildman–Crippen MR) is 109 cm³/mol. The van der Waals surface area contributed by atoms with Crippen molar-refractivity contribution in [2.75, 3.05) is 18.4 Å². The third-order valence-electron chi connectivity index (χ3n) is 4.92. The van der Waals surface area contributed by atoms with Crippen LogP contribution in [0.5, 0.6) is 0 Å². The van der Waals surface area contributed by atoms with Crippen molar-refractivity contribution in [3.63, 3.8) is 0 Å². The molecule has 1 saturated heterocycles. The fourth-order valence-electron chi connectivity index (χ4n) is 3.41. The number of hydrogen-bond donors (Lipinski definition) is 1. The van der Waals surface area contributed by atoms with Crippen molar-refractivity contribution in [2.24, 2.45) is 5.92 Å². The summed E-state index contributed by atoms with van der Waals surface area (Å²) in [5.41, 5.74) is 4.27. The highest BCUT2D eigenvalue weighted by Gasteiger charge is 2.26. The molecule has 1 N–H and O–H groups in total. The number of carbonyl (C=O) groups is 1. The number of benzene rings is 2. The molecule has 1 amide bonds. The number of halogens is 2. The zero-order chi connectivity index (χ0) is 18.7. The molecule has 1 aliphatic heterocycles. The molecule has 0 aromatic heterocycles. The Labute approximate surface area is 165 Å². The van der Waals surface area contributed by atoms with Crippen LogP contribution in [0.15, 0.2) is 36.4 Å². The Bertz CT molecular complexity index is 807. The van der Waals surface area contributed by atoms with Gasteiger partial charge >= 0.3 is 0 Å². The van der Waals surface area contributed by atoms with Gasteiger partial charge in [-0.3, -0.25) is 9.69 Å². The van der Waals surface area contributed by atoms with E-state index in [0.29, 0.717) is 10.0 Å². The fraction of sp³-hybridized carbons (Fsp3) is 0.381. The van der Waals surface area contributed by atoms with E-state index in [-0.39, 0.29) is 11.8 Å². The number of hydrogen-bond acceptors (Lipinski definition) is 2. The second-order valence-corrected chi connectivity index (χ2v) is 7.94. The van der Waals surface area contributed by atoms with Crippen molar-refractivity contribution in [3.05, 3.63) is 63.1 Å². The Morgan fingerprint density at radius 2 is 1.96 bits per heavy atom. The minimum Gasteiger partial charge on any atom is -0.326 e. The first-order chi connectivity index (χ1) is 12.4. The zero-order valence-corrected chi connectivity index (χ0v) is 16.7. The summed E-state index contributed by atoms with van der Waals surface area (Å²) in [4.78, 5) is 15.1. The lowest BCUT2D eigenvalue weighted by Crippen LogP contribution is -2.40. The molecule has 1 fully saturated rings. The summed E-state index contributed by atoms with van der Waals surface area (Å²) in [6, 6.07) is 11.9. The van der Waals surface area contributed by atoms with Crippen LogP contribution in [0.2, 0.25) is 10.0 Å². The molecule has 1 atom stereocenters. The highest BCUT2D eigenvalue weighted by molar-refractivity contribution is 6.42. The van der Waals surface area contributed by atoms with Gasteiger partial charge in [0.2, 0.25) is 5.91 Å². The van der Waals surface area contributed by atoms with Gasteiger partial charge < -0.3 is 5.32 Å². The van der Waals surface area contributed by atoms with Crippen LogP contribution in [0.1, 0.15) is 29.5 Å². The van der Waals surface area contributed by atoms with E-state index in [1.54, 1.807) is 0 Å². The molecule has 3 nitrogen and oxygen atoms in total. The lowest BCUT2D eigenvalue weighted by molar-refractivity contribution is -0.121.